The van der Waals surface area contributed by atoms with E-state index < -0.39 is 5.92 Å². The van der Waals surface area contributed by atoms with Crippen LogP contribution in [0.2, 0.25) is 0 Å². The molecule has 0 saturated carbocycles. The Balaban J connectivity index is 1.22. The van der Waals surface area contributed by atoms with Crippen molar-refractivity contribution in [2.45, 2.75) is 39.5 Å². The van der Waals surface area contributed by atoms with Gasteiger partial charge in [0.1, 0.15) is 5.01 Å². The van der Waals surface area contributed by atoms with E-state index in [1.54, 1.807) is 9.80 Å². The highest BCUT2D eigenvalue weighted by molar-refractivity contribution is 7.15. The summed E-state index contributed by atoms with van der Waals surface area (Å²) in [6.45, 7) is 6.94. The van der Waals surface area contributed by atoms with Gasteiger partial charge in [-0.15, -0.1) is 10.2 Å². The molecule has 3 aromatic rings. The van der Waals surface area contributed by atoms with Gasteiger partial charge in [-0.2, -0.15) is 0 Å². The fourth-order valence-corrected chi connectivity index (χ4v) is 5.37. The predicted octanol–water partition coefficient (Wildman–Crippen LogP) is 3.98. The molecule has 0 aliphatic carbocycles. The van der Waals surface area contributed by atoms with Crippen LogP contribution < -0.4 is 15.1 Å². The Morgan fingerprint density at radius 3 is 2.31 bits per heavy atom. The second kappa shape index (κ2) is 9.22. The molecule has 9 heteroatoms. The van der Waals surface area contributed by atoms with Gasteiger partial charge in [0, 0.05) is 43.2 Å². The molecule has 1 N–H and O–H groups in total. The third-order valence-corrected chi connectivity index (χ3v) is 7.79. The second-order valence-corrected chi connectivity index (χ2v) is 10.4. The first-order valence-electron chi connectivity index (χ1n) is 11.7. The van der Waals surface area contributed by atoms with Crippen molar-refractivity contribution >= 4 is 45.6 Å². The summed E-state index contributed by atoms with van der Waals surface area (Å²) in [7, 11) is 0. The Hall–Kier alpha value is -3.59. The van der Waals surface area contributed by atoms with Crippen molar-refractivity contribution in [1.29, 1.82) is 0 Å². The van der Waals surface area contributed by atoms with Gasteiger partial charge in [-0.3, -0.25) is 14.4 Å². The number of aromatic nitrogens is 2. The van der Waals surface area contributed by atoms with Gasteiger partial charge in [0.15, 0.2) is 0 Å². The number of hydrogen-bond acceptors (Lipinski definition) is 6. The molecule has 2 unspecified atom stereocenters. The van der Waals surface area contributed by atoms with Gasteiger partial charge in [0.25, 0.3) is 0 Å². The summed E-state index contributed by atoms with van der Waals surface area (Å²) in [5.41, 5.74) is 5.14. The topological polar surface area (TPSA) is 95.5 Å². The van der Waals surface area contributed by atoms with Crippen LogP contribution in [0.25, 0.3) is 0 Å². The van der Waals surface area contributed by atoms with Crippen LogP contribution in [0.3, 0.4) is 0 Å². The summed E-state index contributed by atoms with van der Waals surface area (Å²) in [6, 6.07) is 13.7. The molecule has 0 spiro atoms. The lowest BCUT2D eigenvalue weighted by Crippen LogP contribution is -2.28. The number of rotatable bonds is 5. The Morgan fingerprint density at radius 2 is 1.57 bits per heavy atom. The van der Waals surface area contributed by atoms with Gasteiger partial charge in [0.05, 0.1) is 5.92 Å². The fraction of sp³-hybridized carbons (Fsp3) is 0.346. The number of hydrogen-bond donors (Lipinski definition) is 1. The van der Waals surface area contributed by atoms with Crippen molar-refractivity contribution in [3.63, 3.8) is 0 Å². The van der Waals surface area contributed by atoms with E-state index in [0.717, 1.165) is 27.5 Å². The van der Waals surface area contributed by atoms with Crippen molar-refractivity contribution in [2.24, 2.45) is 5.92 Å². The standard InChI is InChI=1S/C26H27N5O3S/c1-15-4-7-20(8-5-15)30-13-18(11-22(30)32)24(34)27-26-29-28-25(35-26)19-12-23(33)31(14-19)21-9-6-16(2)17(3)10-21/h4-10,18-19H,11-14H2,1-3H3,(H,27,29,34). The monoisotopic (exact) mass is 489 g/mol. The lowest BCUT2D eigenvalue weighted by molar-refractivity contribution is -0.122. The fourth-order valence-electron chi connectivity index (χ4n) is 4.53. The van der Waals surface area contributed by atoms with E-state index in [1.807, 2.05) is 63.2 Å². The lowest BCUT2D eigenvalue weighted by Gasteiger charge is -2.17. The highest BCUT2D eigenvalue weighted by atomic mass is 32.1. The van der Waals surface area contributed by atoms with Crippen LogP contribution in [0.1, 0.15) is 40.5 Å². The van der Waals surface area contributed by atoms with Crippen LogP contribution in [-0.4, -0.2) is 41.0 Å². The van der Waals surface area contributed by atoms with Crippen LogP contribution >= 0.6 is 11.3 Å². The van der Waals surface area contributed by atoms with Crippen LogP contribution in [0.5, 0.6) is 0 Å². The summed E-state index contributed by atoms with van der Waals surface area (Å²) in [6.07, 6.45) is 0.519. The van der Waals surface area contributed by atoms with E-state index >= 15 is 0 Å². The van der Waals surface area contributed by atoms with Crippen molar-refractivity contribution in [3.8, 4) is 0 Å². The molecule has 2 saturated heterocycles. The lowest BCUT2D eigenvalue weighted by atomic mass is 10.1. The second-order valence-electron chi connectivity index (χ2n) is 9.35. The molecular formula is C26H27N5O3S. The molecule has 2 aromatic carbocycles. The summed E-state index contributed by atoms with van der Waals surface area (Å²) < 4.78 is 0. The number of amides is 3. The van der Waals surface area contributed by atoms with E-state index in [9.17, 15) is 14.4 Å². The highest BCUT2D eigenvalue weighted by Crippen LogP contribution is 2.35. The Morgan fingerprint density at radius 1 is 0.886 bits per heavy atom. The maximum Gasteiger partial charge on any atom is 0.231 e. The van der Waals surface area contributed by atoms with Gasteiger partial charge < -0.3 is 15.1 Å². The minimum Gasteiger partial charge on any atom is -0.312 e. The summed E-state index contributed by atoms with van der Waals surface area (Å²) >= 11 is 1.29. The molecule has 8 nitrogen and oxygen atoms in total. The quantitative estimate of drug-likeness (QED) is 0.585. The molecule has 180 valence electrons. The van der Waals surface area contributed by atoms with Crippen LogP contribution in [0.15, 0.2) is 42.5 Å². The smallest absolute Gasteiger partial charge is 0.231 e. The summed E-state index contributed by atoms with van der Waals surface area (Å²) in [5, 5.41) is 12.3. The largest absolute Gasteiger partial charge is 0.312 e. The number of nitrogens with zero attached hydrogens (tertiary/aromatic N) is 4. The third-order valence-electron chi connectivity index (χ3n) is 6.79. The average Bonchev–Trinajstić information content (AvgIpc) is 3.55. The first-order valence-corrected chi connectivity index (χ1v) is 12.5. The maximum absolute atomic E-state index is 12.9. The minimum atomic E-state index is -0.454. The molecule has 3 heterocycles. The molecule has 2 fully saturated rings. The molecule has 5 rings (SSSR count). The van der Waals surface area contributed by atoms with Crippen molar-refractivity contribution in [2.75, 3.05) is 28.2 Å². The molecule has 0 radical (unpaired) electrons. The molecule has 35 heavy (non-hydrogen) atoms. The molecule has 2 aliphatic rings. The van der Waals surface area contributed by atoms with Gasteiger partial charge in [-0.05, 0) is 56.2 Å². The van der Waals surface area contributed by atoms with Gasteiger partial charge in [0.2, 0.25) is 22.9 Å². The summed E-state index contributed by atoms with van der Waals surface area (Å²) in [5.74, 6) is -0.778. The number of carbonyl (C=O) groups is 3. The Kier molecular flexibility index (Phi) is 6.10. The highest BCUT2D eigenvalue weighted by Gasteiger charge is 2.37. The summed E-state index contributed by atoms with van der Waals surface area (Å²) in [4.78, 5) is 41.5. The van der Waals surface area contributed by atoms with E-state index in [2.05, 4.69) is 15.5 Å². The Labute approximate surface area is 208 Å². The maximum atomic E-state index is 12.9. The number of carbonyl (C=O) groups excluding carboxylic acids is 3. The van der Waals surface area contributed by atoms with E-state index in [1.165, 1.54) is 16.9 Å². The zero-order valence-corrected chi connectivity index (χ0v) is 20.8. The first kappa shape index (κ1) is 23.2. The zero-order valence-electron chi connectivity index (χ0n) is 19.9. The van der Waals surface area contributed by atoms with Crippen molar-refractivity contribution in [1.82, 2.24) is 10.2 Å². The van der Waals surface area contributed by atoms with E-state index in [-0.39, 0.29) is 30.1 Å². The number of benzene rings is 2. The molecule has 2 atom stereocenters. The van der Waals surface area contributed by atoms with Crippen molar-refractivity contribution < 1.29 is 14.4 Å². The van der Waals surface area contributed by atoms with Crippen molar-refractivity contribution in [3.05, 3.63) is 64.2 Å². The third kappa shape index (κ3) is 4.68. The van der Waals surface area contributed by atoms with Crippen LogP contribution in [0.4, 0.5) is 16.5 Å². The predicted molar refractivity (Wildman–Crippen MR) is 136 cm³/mol. The van der Waals surface area contributed by atoms with Gasteiger partial charge in [-0.1, -0.05) is 35.1 Å². The average molecular weight is 490 g/mol. The molecule has 3 amide bonds. The normalized spacial score (nSPS) is 20.1. The van der Waals surface area contributed by atoms with Gasteiger partial charge in [-0.25, -0.2) is 0 Å². The SMILES string of the molecule is Cc1ccc(N2CC(C(=O)Nc3nnc(C4CC(=O)N(c5ccc(C)c(C)c5)C4)s3)CC2=O)cc1. The zero-order chi connectivity index (χ0) is 24.7. The molecule has 0 bridgehead atoms. The van der Waals surface area contributed by atoms with E-state index in [4.69, 9.17) is 0 Å². The van der Waals surface area contributed by atoms with E-state index in [0.29, 0.717) is 24.6 Å². The minimum absolute atomic E-state index is 0.0553. The van der Waals surface area contributed by atoms with Gasteiger partial charge >= 0.3 is 0 Å². The number of aryl methyl sites for hydroxylation is 3. The molecule has 2 aliphatic heterocycles. The molecular weight excluding hydrogens is 462 g/mol. The van der Waals surface area contributed by atoms with Crippen LogP contribution in [0, 0.1) is 26.7 Å². The number of anilines is 3. The first-order chi connectivity index (χ1) is 16.8. The Bertz CT molecular complexity index is 1300. The number of nitrogens with one attached hydrogen (secondary N) is 1. The molecule has 1 aromatic heterocycles. The van der Waals surface area contributed by atoms with Crippen LogP contribution in [-0.2, 0) is 14.4 Å².